The highest BCUT2D eigenvalue weighted by Gasteiger charge is 2.38. The van der Waals surface area contributed by atoms with Crippen molar-refractivity contribution in [1.82, 2.24) is 10.0 Å². The van der Waals surface area contributed by atoms with Crippen molar-refractivity contribution >= 4 is 17.9 Å². The highest BCUT2D eigenvalue weighted by Crippen LogP contribution is 2.15. The number of carbonyl (C=O) groups is 3. The average molecular weight is 266 g/mol. The monoisotopic (exact) mass is 266 g/mol. The Morgan fingerprint density at radius 3 is 2.42 bits per heavy atom. The van der Waals surface area contributed by atoms with Crippen molar-refractivity contribution in [3.63, 3.8) is 0 Å². The summed E-state index contributed by atoms with van der Waals surface area (Å²) in [5, 5.41) is 1.41. The van der Waals surface area contributed by atoms with Gasteiger partial charge in [0.25, 0.3) is 11.8 Å². The summed E-state index contributed by atoms with van der Waals surface area (Å²) in [5.41, 5.74) is 0. The largest absolute Gasteiger partial charge is 0.461 e. The first-order chi connectivity index (χ1) is 9.06. The Kier molecular flexibility index (Phi) is 5.09. The van der Waals surface area contributed by atoms with Crippen molar-refractivity contribution < 1.29 is 24.2 Å². The lowest BCUT2D eigenvalue weighted by atomic mass is 10.2. The zero-order valence-electron chi connectivity index (χ0n) is 10.7. The Morgan fingerprint density at radius 1 is 1.42 bits per heavy atom. The minimum absolute atomic E-state index is 0.132. The molecule has 0 aromatic carbocycles. The number of imide groups is 1. The Balaban J connectivity index is 2.99. The Morgan fingerprint density at radius 2 is 2.00 bits per heavy atom. The lowest BCUT2D eigenvalue weighted by Crippen LogP contribution is -2.54. The first-order valence-corrected chi connectivity index (χ1v) is 5.71. The van der Waals surface area contributed by atoms with Crippen molar-refractivity contribution in [2.45, 2.75) is 26.3 Å². The lowest BCUT2D eigenvalue weighted by molar-refractivity contribution is -0.250. The van der Waals surface area contributed by atoms with Crippen LogP contribution >= 0.6 is 0 Å². The molecule has 1 atom stereocenters. The van der Waals surface area contributed by atoms with Crippen molar-refractivity contribution in [1.29, 1.82) is 0 Å². The fraction of sp³-hybridized carbons (Fsp3) is 0.417. The molecule has 1 aliphatic heterocycles. The molecule has 0 aromatic rings. The highest BCUT2D eigenvalue weighted by molar-refractivity contribution is 6.13. The number of amides is 3. The molecule has 0 fully saturated rings. The number of carbonyl (C=O) groups excluding carboxylic acids is 3. The van der Waals surface area contributed by atoms with Crippen molar-refractivity contribution in [3.8, 4) is 12.3 Å². The summed E-state index contributed by atoms with van der Waals surface area (Å²) in [6.45, 7) is 3.46. The third kappa shape index (κ3) is 3.11. The van der Waals surface area contributed by atoms with Crippen molar-refractivity contribution in [3.05, 3.63) is 12.2 Å². The van der Waals surface area contributed by atoms with Crippen LogP contribution in [0.3, 0.4) is 0 Å². The third-order valence-electron chi connectivity index (χ3n) is 2.31. The first-order valence-electron chi connectivity index (χ1n) is 5.71. The van der Waals surface area contributed by atoms with E-state index in [1.165, 1.54) is 0 Å². The topological polar surface area (TPSA) is 76.2 Å². The fourth-order valence-electron chi connectivity index (χ4n) is 1.46. The van der Waals surface area contributed by atoms with Gasteiger partial charge in [-0.25, -0.2) is 4.79 Å². The predicted octanol–water partition coefficient (Wildman–Crippen LogP) is 0.628. The molecule has 0 spiro atoms. The molecule has 7 heteroatoms. The molecule has 0 N–H and O–H groups in total. The van der Waals surface area contributed by atoms with Crippen LogP contribution in [0.15, 0.2) is 12.2 Å². The van der Waals surface area contributed by atoms with Gasteiger partial charge in [-0.15, -0.1) is 6.42 Å². The van der Waals surface area contributed by atoms with Gasteiger partial charge in [-0.2, -0.15) is 14.9 Å². The molecule has 0 saturated heterocycles. The zero-order valence-corrected chi connectivity index (χ0v) is 10.7. The van der Waals surface area contributed by atoms with Gasteiger partial charge in [-0.1, -0.05) is 12.8 Å². The summed E-state index contributed by atoms with van der Waals surface area (Å²) in [4.78, 5) is 44.0. The first kappa shape index (κ1) is 14.7. The van der Waals surface area contributed by atoms with E-state index in [1.807, 2.05) is 0 Å². The number of hydrogen-bond donors (Lipinski definition) is 0. The van der Waals surface area contributed by atoms with Crippen LogP contribution in [-0.4, -0.2) is 40.6 Å². The van der Waals surface area contributed by atoms with E-state index < -0.39 is 23.9 Å². The molecule has 1 heterocycles. The van der Waals surface area contributed by atoms with E-state index in [2.05, 4.69) is 15.7 Å². The summed E-state index contributed by atoms with van der Waals surface area (Å²) >= 11 is 0. The van der Waals surface area contributed by atoms with Gasteiger partial charge in [0.05, 0.1) is 6.61 Å². The SMILES string of the molecule is C#CC(CC)N(C(=O)OOCC)N1C(=O)C=CC1=O. The van der Waals surface area contributed by atoms with Crippen LogP contribution in [0.1, 0.15) is 20.3 Å². The number of nitrogens with zero attached hydrogens (tertiary/aromatic N) is 2. The van der Waals surface area contributed by atoms with E-state index in [-0.39, 0.29) is 6.61 Å². The van der Waals surface area contributed by atoms with Gasteiger partial charge in [-0.3, -0.25) is 14.5 Å². The fourth-order valence-corrected chi connectivity index (χ4v) is 1.46. The van der Waals surface area contributed by atoms with Gasteiger partial charge in [0.1, 0.15) is 6.04 Å². The second kappa shape index (κ2) is 6.56. The number of terminal acetylenes is 1. The zero-order chi connectivity index (χ0) is 14.4. The van der Waals surface area contributed by atoms with Crippen molar-refractivity contribution in [2.75, 3.05) is 6.61 Å². The molecule has 0 aliphatic carbocycles. The molecule has 7 nitrogen and oxygen atoms in total. The quantitative estimate of drug-likeness (QED) is 0.316. The van der Waals surface area contributed by atoms with Gasteiger partial charge >= 0.3 is 6.09 Å². The Hall–Kier alpha value is -2.33. The predicted molar refractivity (Wildman–Crippen MR) is 63.9 cm³/mol. The maximum absolute atomic E-state index is 11.8. The molecule has 1 rings (SSSR count). The van der Waals surface area contributed by atoms with Crippen LogP contribution in [0.5, 0.6) is 0 Å². The molecule has 1 unspecified atom stereocenters. The van der Waals surface area contributed by atoms with Crippen LogP contribution < -0.4 is 0 Å². The van der Waals surface area contributed by atoms with Gasteiger partial charge in [0.15, 0.2) is 0 Å². The molecule has 1 aliphatic rings. The minimum atomic E-state index is -1.02. The molecule has 102 valence electrons. The standard InChI is InChI=1S/C12H14N2O5/c1-4-9(5-2)13(12(17)19-18-6-3)14-10(15)7-8-11(14)16/h1,7-9H,5-6H2,2-3H3. The smallest absolute Gasteiger partial charge is 0.274 e. The molecule has 3 amide bonds. The molecule has 0 radical (unpaired) electrons. The van der Waals surface area contributed by atoms with Crippen LogP contribution in [0, 0.1) is 12.3 Å². The minimum Gasteiger partial charge on any atom is -0.274 e. The van der Waals surface area contributed by atoms with Gasteiger partial charge in [-0.05, 0) is 13.3 Å². The van der Waals surface area contributed by atoms with Gasteiger partial charge < -0.3 is 0 Å². The maximum Gasteiger partial charge on any atom is 0.461 e. The molecule has 19 heavy (non-hydrogen) atoms. The summed E-state index contributed by atoms with van der Waals surface area (Å²) in [7, 11) is 0. The Labute approximate surface area is 110 Å². The van der Waals surface area contributed by atoms with Gasteiger partial charge in [0, 0.05) is 12.2 Å². The second-order valence-corrected chi connectivity index (χ2v) is 3.51. The normalized spacial score (nSPS) is 15.3. The molecular formula is C12H14N2O5. The Bertz CT molecular complexity index is 434. The van der Waals surface area contributed by atoms with E-state index in [0.29, 0.717) is 11.4 Å². The van der Waals surface area contributed by atoms with E-state index in [4.69, 9.17) is 6.42 Å². The van der Waals surface area contributed by atoms with Crippen LogP contribution in [0.4, 0.5) is 4.79 Å². The summed E-state index contributed by atoms with van der Waals surface area (Å²) < 4.78 is 0. The van der Waals surface area contributed by atoms with Gasteiger partial charge in [0.2, 0.25) is 0 Å². The van der Waals surface area contributed by atoms with E-state index >= 15 is 0 Å². The average Bonchev–Trinajstić information content (AvgIpc) is 2.73. The third-order valence-corrected chi connectivity index (χ3v) is 2.31. The highest BCUT2D eigenvalue weighted by atomic mass is 17.2. The summed E-state index contributed by atoms with van der Waals surface area (Å²) in [6, 6.07) is -0.791. The molecule has 0 bridgehead atoms. The lowest BCUT2D eigenvalue weighted by Gasteiger charge is -2.31. The molecular weight excluding hydrogens is 252 g/mol. The van der Waals surface area contributed by atoms with E-state index in [9.17, 15) is 14.4 Å². The van der Waals surface area contributed by atoms with Crippen LogP contribution in [0.2, 0.25) is 0 Å². The maximum atomic E-state index is 11.8. The molecule has 0 aromatic heterocycles. The van der Waals surface area contributed by atoms with E-state index in [0.717, 1.165) is 17.2 Å². The summed E-state index contributed by atoms with van der Waals surface area (Å²) in [6.07, 6.45) is 6.72. The number of hydrogen-bond acceptors (Lipinski definition) is 5. The van der Waals surface area contributed by atoms with Crippen molar-refractivity contribution in [2.24, 2.45) is 0 Å². The van der Waals surface area contributed by atoms with Crippen LogP contribution in [0.25, 0.3) is 0 Å². The molecule has 0 saturated carbocycles. The van der Waals surface area contributed by atoms with E-state index in [1.54, 1.807) is 13.8 Å². The second-order valence-electron chi connectivity index (χ2n) is 3.51. The number of rotatable bonds is 5. The summed E-state index contributed by atoms with van der Waals surface area (Å²) in [5.74, 6) is 1.00. The number of hydrazine groups is 1. The van der Waals surface area contributed by atoms with Crippen LogP contribution in [-0.2, 0) is 19.4 Å².